The molecule has 0 amide bonds. The molecule has 8 heteroatoms. The minimum Gasteiger partial charge on any atom is -0.454 e. The number of hydrogen-bond acceptors (Lipinski definition) is 5. The van der Waals surface area contributed by atoms with E-state index in [0.717, 1.165) is 53.9 Å². The molecule has 0 atom stereocenters. The summed E-state index contributed by atoms with van der Waals surface area (Å²) in [6.07, 6.45) is 7.25. The van der Waals surface area contributed by atoms with Gasteiger partial charge in [-0.2, -0.15) is 5.10 Å². The van der Waals surface area contributed by atoms with Gasteiger partial charge in [0.2, 0.25) is 4.80 Å². The van der Waals surface area contributed by atoms with E-state index in [1.807, 2.05) is 77.1 Å². The minimum absolute atomic E-state index is 0.718. The fourth-order valence-electron chi connectivity index (χ4n) is 3.64. The Hall–Kier alpha value is -3.75. The monoisotopic (exact) mass is 513 g/mol. The predicted molar refractivity (Wildman–Crippen MR) is 136 cm³/mol. The lowest BCUT2D eigenvalue weighted by Gasteiger charge is -2.00. The molecule has 6 nitrogen and oxygen atoms in total. The number of pyridine rings is 1. The van der Waals surface area contributed by atoms with Gasteiger partial charge in [0, 0.05) is 44.1 Å². The highest BCUT2D eigenvalue weighted by atomic mass is 79.9. The van der Waals surface area contributed by atoms with Crippen molar-refractivity contribution in [3.63, 3.8) is 0 Å². The van der Waals surface area contributed by atoms with Crippen molar-refractivity contribution in [3.05, 3.63) is 99.5 Å². The third-order valence-electron chi connectivity index (χ3n) is 5.22. The molecule has 6 aromatic rings. The maximum Gasteiger partial charge on any atom is 0.211 e. The number of aromatic nitrogens is 3. The van der Waals surface area contributed by atoms with E-state index in [9.17, 15) is 0 Å². The lowest BCUT2D eigenvalue weighted by Crippen LogP contribution is -2.11. The molecule has 0 saturated carbocycles. The van der Waals surface area contributed by atoms with Gasteiger partial charge in [-0.3, -0.25) is 4.98 Å². The zero-order valence-electron chi connectivity index (χ0n) is 17.1. The van der Waals surface area contributed by atoms with E-state index in [2.05, 4.69) is 32.0 Å². The van der Waals surface area contributed by atoms with Crippen molar-refractivity contribution in [2.24, 2.45) is 10.1 Å². The van der Waals surface area contributed by atoms with E-state index in [1.165, 1.54) is 11.3 Å². The number of rotatable bonds is 4. The van der Waals surface area contributed by atoms with Crippen LogP contribution in [0.2, 0.25) is 0 Å². The maximum atomic E-state index is 6.13. The second kappa shape index (κ2) is 8.31. The van der Waals surface area contributed by atoms with Crippen molar-refractivity contribution in [1.29, 1.82) is 0 Å². The molecule has 0 bridgehead atoms. The highest BCUT2D eigenvalue weighted by Gasteiger charge is 2.13. The third kappa shape index (κ3) is 3.83. The molecule has 0 saturated heterocycles. The predicted octanol–water partition coefficient (Wildman–Crippen LogP) is 6.72. The highest BCUT2D eigenvalue weighted by molar-refractivity contribution is 9.10. The lowest BCUT2D eigenvalue weighted by molar-refractivity contribution is 0.622. The third-order valence-corrected chi connectivity index (χ3v) is 6.53. The van der Waals surface area contributed by atoms with E-state index in [-0.39, 0.29) is 0 Å². The normalized spacial score (nSPS) is 12.5. The highest BCUT2D eigenvalue weighted by Crippen LogP contribution is 2.28. The molecular weight excluding hydrogens is 498 g/mol. The van der Waals surface area contributed by atoms with Gasteiger partial charge >= 0.3 is 0 Å². The number of fused-ring (bicyclic) bond motifs is 2. The number of benzene rings is 2. The summed E-state index contributed by atoms with van der Waals surface area (Å²) in [6, 6.07) is 19.9. The van der Waals surface area contributed by atoms with Crippen molar-refractivity contribution >= 4 is 61.0 Å². The first-order valence-corrected chi connectivity index (χ1v) is 11.9. The first-order chi connectivity index (χ1) is 16.2. The van der Waals surface area contributed by atoms with Crippen molar-refractivity contribution in [2.45, 2.75) is 0 Å². The molecule has 4 heterocycles. The summed E-state index contributed by atoms with van der Waals surface area (Å²) >= 11 is 5.05. The van der Waals surface area contributed by atoms with Gasteiger partial charge in [0.05, 0.1) is 18.1 Å². The SMILES string of the molecule is Brc1ccc2[nH]cc(C=Nn3c(-c4cc5ccccc5o4)csc3=Nc3cccnc3)c2c1. The van der Waals surface area contributed by atoms with Crippen LogP contribution in [0.15, 0.2) is 104 Å². The average molecular weight is 514 g/mol. The Kier molecular flexibility index (Phi) is 5.01. The van der Waals surface area contributed by atoms with E-state index in [0.29, 0.717) is 0 Å². The van der Waals surface area contributed by atoms with Crippen LogP contribution >= 0.6 is 27.3 Å². The van der Waals surface area contributed by atoms with Crippen molar-refractivity contribution < 1.29 is 4.42 Å². The number of para-hydroxylation sites is 1. The van der Waals surface area contributed by atoms with Gasteiger partial charge in [-0.1, -0.05) is 34.1 Å². The summed E-state index contributed by atoms with van der Waals surface area (Å²) in [7, 11) is 0. The van der Waals surface area contributed by atoms with Crippen molar-refractivity contribution in [2.75, 3.05) is 0 Å². The number of thiazole rings is 1. The van der Waals surface area contributed by atoms with Crippen LogP contribution in [-0.2, 0) is 0 Å². The summed E-state index contributed by atoms with van der Waals surface area (Å²) < 4.78 is 8.95. The molecule has 0 aliphatic heterocycles. The smallest absolute Gasteiger partial charge is 0.211 e. The summed E-state index contributed by atoms with van der Waals surface area (Å²) in [6.45, 7) is 0. The molecule has 160 valence electrons. The van der Waals surface area contributed by atoms with E-state index in [1.54, 1.807) is 12.4 Å². The minimum atomic E-state index is 0.718. The molecule has 4 aromatic heterocycles. The molecule has 6 rings (SSSR count). The van der Waals surface area contributed by atoms with Gasteiger partial charge in [-0.15, -0.1) is 11.3 Å². The lowest BCUT2D eigenvalue weighted by atomic mass is 10.2. The Morgan fingerprint density at radius 2 is 2.03 bits per heavy atom. The summed E-state index contributed by atoms with van der Waals surface area (Å²) in [5.74, 6) is 0.735. The number of furan rings is 1. The standard InChI is InChI=1S/C25H16BrN5OS/c26-18-7-8-21-20(11-18)17(12-28-21)13-29-31-22(24-10-16-4-1-2-6-23(16)32-24)15-33-25(31)30-19-5-3-9-27-14-19/h1-15,28H. The van der Waals surface area contributed by atoms with Gasteiger partial charge < -0.3 is 9.40 Å². The van der Waals surface area contributed by atoms with Crippen LogP contribution < -0.4 is 4.80 Å². The molecule has 0 spiro atoms. The van der Waals surface area contributed by atoms with Crippen molar-refractivity contribution in [3.8, 4) is 11.5 Å². The van der Waals surface area contributed by atoms with Gasteiger partial charge in [-0.25, -0.2) is 9.67 Å². The average Bonchev–Trinajstić information content (AvgIpc) is 3.54. The molecule has 0 fully saturated rings. The molecule has 0 aliphatic carbocycles. The van der Waals surface area contributed by atoms with Gasteiger partial charge in [-0.05, 0) is 42.5 Å². The van der Waals surface area contributed by atoms with Crippen LogP contribution in [0.25, 0.3) is 33.3 Å². The van der Waals surface area contributed by atoms with Crippen molar-refractivity contribution in [1.82, 2.24) is 14.6 Å². The van der Waals surface area contributed by atoms with Gasteiger partial charge in [0.25, 0.3) is 0 Å². The fourth-order valence-corrected chi connectivity index (χ4v) is 4.84. The van der Waals surface area contributed by atoms with Crippen LogP contribution in [0, 0.1) is 0 Å². The van der Waals surface area contributed by atoms with Crippen LogP contribution in [-0.4, -0.2) is 20.9 Å². The largest absolute Gasteiger partial charge is 0.454 e. The Balaban J connectivity index is 1.52. The summed E-state index contributed by atoms with van der Waals surface area (Å²) in [5.41, 5.74) is 4.45. The van der Waals surface area contributed by atoms with E-state index in [4.69, 9.17) is 14.5 Å². The Morgan fingerprint density at radius 1 is 1.09 bits per heavy atom. The topological polar surface area (TPSA) is 71.5 Å². The number of aromatic amines is 1. The zero-order valence-corrected chi connectivity index (χ0v) is 19.5. The van der Waals surface area contributed by atoms with E-state index < -0.39 is 0 Å². The summed E-state index contributed by atoms with van der Waals surface area (Å²) in [5, 5.41) is 8.96. The fraction of sp³-hybridized carbons (Fsp3) is 0. The van der Waals surface area contributed by atoms with Crippen LogP contribution in [0.5, 0.6) is 0 Å². The second-order valence-electron chi connectivity index (χ2n) is 7.37. The molecule has 0 aliphatic rings. The first kappa shape index (κ1) is 19.9. The number of hydrogen-bond donors (Lipinski definition) is 1. The van der Waals surface area contributed by atoms with Crippen LogP contribution in [0.1, 0.15) is 5.56 Å². The maximum absolute atomic E-state index is 6.13. The molecule has 0 unspecified atom stereocenters. The Labute approximate surface area is 200 Å². The molecular formula is C25H16BrN5OS. The number of nitrogens with zero attached hydrogens (tertiary/aromatic N) is 4. The number of halogens is 1. The van der Waals surface area contributed by atoms with Gasteiger partial charge in [0.1, 0.15) is 11.3 Å². The molecule has 2 aromatic carbocycles. The zero-order chi connectivity index (χ0) is 22.2. The quantitative estimate of drug-likeness (QED) is 0.266. The van der Waals surface area contributed by atoms with Crippen LogP contribution in [0.4, 0.5) is 5.69 Å². The first-order valence-electron chi connectivity index (χ1n) is 10.2. The Morgan fingerprint density at radius 3 is 2.91 bits per heavy atom. The molecule has 1 N–H and O–H groups in total. The molecule has 33 heavy (non-hydrogen) atoms. The second-order valence-corrected chi connectivity index (χ2v) is 9.12. The number of H-pyrrole nitrogens is 1. The summed E-state index contributed by atoms with van der Waals surface area (Å²) in [4.78, 5) is 12.9. The van der Waals surface area contributed by atoms with E-state index >= 15 is 0 Å². The molecule has 0 radical (unpaired) electrons. The van der Waals surface area contributed by atoms with Crippen LogP contribution in [0.3, 0.4) is 0 Å². The Bertz CT molecular complexity index is 1660. The van der Waals surface area contributed by atoms with Gasteiger partial charge in [0.15, 0.2) is 5.76 Å². The number of nitrogens with one attached hydrogen (secondary N) is 1.